The first-order valence-corrected chi connectivity index (χ1v) is 7.27. The molecule has 0 unspecified atom stereocenters. The maximum atomic E-state index is 11.9. The summed E-state index contributed by atoms with van der Waals surface area (Å²) in [4.78, 5) is 29.5. The SMILES string of the molecule is CCOC1(c2ncc(C(=O)O)c(=O)[nH]2)CCC(C)(C)CC1. The van der Waals surface area contributed by atoms with E-state index in [0.717, 1.165) is 31.9 Å². The highest BCUT2D eigenvalue weighted by atomic mass is 16.5. The summed E-state index contributed by atoms with van der Waals surface area (Å²) in [5.74, 6) is -0.833. The number of nitrogens with one attached hydrogen (secondary N) is 1. The predicted octanol–water partition coefficient (Wildman–Crippen LogP) is 2.30. The van der Waals surface area contributed by atoms with Crippen molar-refractivity contribution in [2.45, 2.75) is 52.1 Å². The maximum absolute atomic E-state index is 11.9. The third-order valence-corrected chi connectivity index (χ3v) is 4.29. The molecule has 0 radical (unpaired) electrons. The molecule has 1 fully saturated rings. The van der Waals surface area contributed by atoms with Gasteiger partial charge in [-0.2, -0.15) is 0 Å². The number of ether oxygens (including phenoxy) is 1. The first-order valence-electron chi connectivity index (χ1n) is 7.27. The summed E-state index contributed by atoms with van der Waals surface area (Å²) in [5.41, 5.74) is -1.33. The third-order valence-electron chi connectivity index (χ3n) is 4.29. The lowest BCUT2D eigenvalue weighted by molar-refractivity contribution is -0.0949. The molecule has 1 saturated carbocycles. The molecular weight excluding hydrogens is 272 g/mol. The Morgan fingerprint density at radius 2 is 2.00 bits per heavy atom. The minimum absolute atomic E-state index is 0.252. The van der Waals surface area contributed by atoms with E-state index in [1.54, 1.807) is 0 Å². The van der Waals surface area contributed by atoms with E-state index in [1.807, 2.05) is 6.92 Å². The molecule has 1 heterocycles. The molecule has 116 valence electrons. The first-order chi connectivity index (χ1) is 9.80. The van der Waals surface area contributed by atoms with Gasteiger partial charge in [0.05, 0.1) is 0 Å². The average molecular weight is 294 g/mol. The van der Waals surface area contributed by atoms with Crippen LogP contribution in [0.4, 0.5) is 0 Å². The summed E-state index contributed by atoms with van der Waals surface area (Å²) in [6.45, 7) is 6.86. The number of carboxylic acids is 1. The van der Waals surface area contributed by atoms with Crippen molar-refractivity contribution in [3.05, 3.63) is 27.9 Å². The van der Waals surface area contributed by atoms with Crippen LogP contribution >= 0.6 is 0 Å². The van der Waals surface area contributed by atoms with Gasteiger partial charge in [-0.3, -0.25) is 4.79 Å². The van der Waals surface area contributed by atoms with Crippen LogP contribution in [0.25, 0.3) is 0 Å². The Balaban J connectivity index is 2.38. The van der Waals surface area contributed by atoms with Gasteiger partial charge in [-0.25, -0.2) is 9.78 Å². The van der Waals surface area contributed by atoms with Gasteiger partial charge < -0.3 is 14.8 Å². The van der Waals surface area contributed by atoms with E-state index < -0.39 is 17.1 Å². The molecule has 0 amide bonds. The molecule has 2 rings (SSSR count). The molecule has 21 heavy (non-hydrogen) atoms. The molecule has 0 aromatic carbocycles. The smallest absolute Gasteiger partial charge is 0.342 e. The van der Waals surface area contributed by atoms with E-state index in [0.29, 0.717) is 12.4 Å². The van der Waals surface area contributed by atoms with Crippen LogP contribution in [-0.4, -0.2) is 27.7 Å². The van der Waals surface area contributed by atoms with Crippen LogP contribution < -0.4 is 5.56 Å². The number of nitrogens with zero attached hydrogens (tertiary/aromatic N) is 1. The van der Waals surface area contributed by atoms with Crippen LogP contribution in [0.3, 0.4) is 0 Å². The summed E-state index contributed by atoms with van der Waals surface area (Å²) < 4.78 is 5.93. The Morgan fingerprint density at radius 1 is 1.38 bits per heavy atom. The van der Waals surface area contributed by atoms with Gasteiger partial charge in [0.2, 0.25) is 0 Å². The highest BCUT2D eigenvalue weighted by Gasteiger charge is 2.42. The van der Waals surface area contributed by atoms with Crippen LogP contribution in [0.15, 0.2) is 11.0 Å². The van der Waals surface area contributed by atoms with Crippen LogP contribution in [0.5, 0.6) is 0 Å². The van der Waals surface area contributed by atoms with E-state index in [1.165, 1.54) is 0 Å². The van der Waals surface area contributed by atoms with E-state index in [9.17, 15) is 9.59 Å². The number of aromatic carboxylic acids is 1. The van der Waals surface area contributed by atoms with Crippen LogP contribution in [0.1, 0.15) is 62.6 Å². The molecule has 0 saturated heterocycles. The maximum Gasteiger partial charge on any atom is 0.342 e. The number of H-pyrrole nitrogens is 1. The third kappa shape index (κ3) is 3.15. The molecule has 0 atom stereocenters. The Labute approximate surface area is 123 Å². The zero-order valence-corrected chi connectivity index (χ0v) is 12.7. The molecule has 0 aliphatic heterocycles. The van der Waals surface area contributed by atoms with Gasteiger partial charge in [0.1, 0.15) is 17.0 Å². The van der Waals surface area contributed by atoms with Crippen LogP contribution in [-0.2, 0) is 10.3 Å². The lowest BCUT2D eigenvalue weighted by atomic mass is 9.70. The van der Waals surface area contributed by atoms with Crippen molar-refractivity contribution < 1.29 is 14.6 Å². The number of hydrogen-bond acceptors (Lipinski definition) is 4. The van der Waals surface area contributed by atoms with E-state index in [-0.39, 0.29) is 11.0 Å². The van der Waals surface area contributed by atoms with Gasteiger partial charge in [0, 0.05) is 12.8 Å². The van der Waals surface area contributed by atoms with Crippen LogP contribution in [0, 0.1) is 5.41 Å². The normalized spacial score (nSPS) is 20.1. The average Bonchev–Trinajstić information content (AvgIpc) is 2.41. The largest absolute Gasteiger partial charge is 0.477 e. The number of hydrogen-bond donors (Lipinski definition) is 2. The summed E-state index contributed by atoms with van der Waals surface area (Å²) in [7, 11) is 0. The fourth-order valence-corrected chi connectivity index (χ4v) is 2.84. The number of carboxylic acid groups (broad SMARTS) is 1. The Morgan fingerprint density at radius 3 is 2.48 bits per heavy atom. The number of aromatic amines is 1. The van der Waals surface area contributed by atoms with Crippen LogP contribution in [0.2, 0.25) is 0 Å². The second-order valence-electron chi connectivity index (χ2n) is 6.37. The number of aromatic nitrogens is 2. The topological polar surface area (TPSA) is 92.3 Å². The first kappa shape index (κ1) is 15.7. The summed E-state index contributed by atoms with van der Waals surface area (Å²) in [5, 5.41) is 8.91. The van der Waals surface area contributed by atoms with Crippen molar-refractivity contribution in [2.75, 3.05) is 6.61 Å². The van der Waals surface area contributed by atoms with Crippen molar-refractivity contribution in [1.82, 2.24) is 9.97 Å². The Kier molecular flexibility index (Phi) is 4.18. The molecule has 6 heteroatoms. The quantitative estimate of drug-likeness (QED) is 0.889. The second kappa shape index (κ2) is 5.60. The van der Waals surface area contributed by atoms with Gasteiger partial charge in [-0.15, -0.1) is 0 Å². The predicted molar refractivity (Wildman–Crippen MR) is 77.4 cm³/mol. The molecule has 2 N–H and O–H groups in total. The van der Waals surface area contributed by atoms with Gasteiger partial charge in [-0.1, -0.05) is 13.8 Å². The van der Waals surface area contributed by atoms with Gasteiger partial charge in [-0.05, 0) is 38.0 Å². The minimum atomic E-state index is -1.27. The molecule has 1 aromatic rings. The Bertz CT molecular complexity index is 582. The van der Waals surface area contributed by atoms with Crippen molar-refractivity contribution in [3.8, 4) is 0 Å². The van der Waals surface area contributed by atoms with Gasteiger partial charge in [0.25, 0.3) is 5.56 Å². The number of rotatable bonds is 4. The molecule has 0 spiro atoms. The standard InChI is InChI=1S/C15H22N2O4/c1-4-21-15(7-5-14(2,3)6-8-15)13-16-9-10(12(19)20)11(18)17-13/h9H,4-8H2,1-3H3,(H,19,20)(H,16,17,18). The molecule has 1 aliphatic carbocycles. The molecule has 0 bridgehead atoms. The van der Waals surface area contributed by atoms with Gasteiger partial charge >= 0.3 is 5.97 Å². The molecular formula is C15H22N2O4. The minimum Gasteiger partial charge on any atom is -0.477 e. The highest BCUT2D eigenvalue weighted by molar-refractivity contribution is 5.86. The zero-order chi connectivity index (χ0) is 15.7. The Hall–Kier alpha value is -1.69. The fraction of sp³-hybridized carbons (Fsp3) is 0.667. The lowest BCUT2D eigenvalue weighted by Crippen LogP contribution is -2.40. The zero-order valence-electron chi connectivity index (χ0n) is 12.7. The van der Waals surface area contributed by atoms with Crippen molar-refractivity contribution in [1.29, 1.82) is 0 Å². The van der Waals surface area contributed by atoms with E-state index in [2.05, 4.69) is 23.8 Å². The molecule has 6 nitrogen and oxygen atoms in total. The van der Waals surface area contributed by atoms with Crippen molar-refractivity contribution >= 4 is 5.97 Å². The fourth-order valence-electron chi connectivity index (χ4n) is 2.84. The summed E-state index contributed by atoms with van der Waals surface area (Å²) >= 11 is 0. The van der Waals surface area contributed by atoms with E-state index in [4.69, 9.17) is 9.84 Å². The van der Waals surface area contributed by atoms with Crippen molar-refractivity contribution in [2.24, 2.45) is 5.41 Å². The molecule has 1 aliphatic rings. The summed E-state index contributed by atoms with van der Waals surface area (Å²) in [6.07, 6.45) is 4.60. The lowest BCUT2D eigenvalue weighted by Gasteiger charge is -2.42. The number of carbonyl (C=O) groups is 1. The molecule has 1 aromatic heterocycles. The van der Waals surface area contributed by atoms with E-state index >= 15 is 0 Å². The monoisotopic (exact) mass is 294 g/mol. The van der Waals surface area contributed by atoms with Gasteiger partial charge in [0.15, 0.2) is 0 Å². The second-order valence-corrected chi connectivity index (χ2v) is 6.37. The van der Waals surface area contributed by atoms with Crippen molar-refractivity contribution in [3.63, 3.8) is 0 Å². The summed E-state index contributed by atoms with van der Waals surface area (Å²) in [6, 6.07) is 0. The highest BCUT2D eigenvalue weighted by Crippen LogP contribution is 2.46.